The molecule has 6 nitrogen and oxygen atoms in total. The van der Waals surface area contributed by atoms with E-state index in [0.717, 1.165) is 37.0 Å². The second kappa shape index (κ2) is 8.61. The van der Waals surface area contributed by atoms with Gasteiger partial charge in [-0.05, 0) is 50.1 Å². The Hall–Kier alpha value is -2.28. The lowest BCUT2D eigenvalue weighted by molar-refractivity contribution is 0.0749. The quantitative estimate of drug-likeness (QED) is 0.590. The zero-order valence-electron chi connectivity index (χ0n) is 16.1. The van der Waals surface area contributed by atoms with E-state index in [0.29, 0.717) is 39.3 Å². The molecule has 1 aliphatic heterocycles. The molecule has 29 heavy (non-hydrogen) atoms. The number of nitrogens with one attached hydrogen (secondary N) is 2. The summed E-state index contributed by atoms with van der Waals surface area (Å²) in [5, 5.41) is 2.89. The summed E-state index contributed by atoms with van der Waals surface area (Å²) in [6.45, 7) is 4.14. The third kappa shape index (κ3) is 4.34. The predicted octanol–water partition coefficient (Wildman–Crippen LogP) is 5.07. The van der Waals surface area contributed by atoms with Crippen LogP contribution in [0, 0.1) is 0 Å². The van der Waals surface area contributed by atoms with Gasteiger partial charge in [-0.25, -0.2) is 9.99 Å². The van der Waals surface area contributed by atoms with Gasteiger partial charge in [-0.15, -0.1) is 0 Å². The summed E-state index contributed by atoms with van der Waals surface area (Å²) < 4.78 is 5.81. The number of aromatic nitrogens is 2. The maximum Gasteiger partial charge on any atom is 0.265 e. The van der Waals surface area contributed by atoms with Crippen molar-refractivity contribution < 1.29 is 9.53 Å². The number of benzene rings is 2. The van der Waals surface area contributed by atoms with Gasteiger partial charge in [-0.3, -0.25) is 10.2 Å². The van der Waals surface area contributed by atoms with E-state index in [2.05, 4.69) is 15.4 Å². The molecule has 2 heterocycles. The summed E-state index contributed by atoms with van der Waals surface area (Å²) in [6.07, 6.45) is 3.41. The summed E-state index contributed by atoms with van der Waals surface area (Å²) in [4.78, 5) is 20.5. The van der Waals surface area contributed by atoms with Gasteiger partial charge >= 0.3 is 0 Å². The van der Waals surface area contributed by atoms with Crippen LogP contribution in [0.1, 0.15) is 36.5 Å². The fraction of sp³-hybridized carbons (Fsp3) is 0.333. The first kappa shape index (κ1) is 20.0. The molecule has 0 aliphatic carbocycles. The molecular formula is C21H22Cl2N4O2. The van der Waals surface area contributed by atoms with Crippen LogP contribution in [-0.2, 0) is 0 Å². The van der Waals surface area contributed by atoms with Crippen molar-refractivity contribution in [3.8, 4) is 17.1 Å². The Balaban J connectivity index is 1.64. The summed E-state index contributed by atoms with van der Waals surface area (Å²) in [5.41, 5.74) is 5.79. The van der Waals surface area contributed by atoms with E-state index in [4.69, 9.17) is 27.9 Å². The van der Waals surface area contributed by atoms with Gasteiger partial charge in [0.2, 0.25) is 0 Å². The summed E-state index contributed by atoms with van der Waals surface area (Å²) in [5.74, 6) is 1.09. The van der Waals surface area contributed by atoms with E-state index in [-0.39, 0.29) is 5.91 Å². The number of ether oxygens (including phenoxy) is 1. The number of rotatable bonds is 5. The van der Waals surface area contributed by atoms with Gasteiger partial charge in [0.1, 0.15) is 11.6 Å². The first-order valence-corrected chi connectivity index (χ1v) is 10.5. The van der Waals surface area contributed by atoms with Crippen molar-refractivity contribution in [3.63, 3.8) is 0 Å². The van der Waals surface area contributed by atoms with Crippen LogP contribution in [0.4, 0.5) is 0 Å². The number of carbonyl (C=O) groups excluding carboxylic acids is 1. The topological polar surface area (TPSA) is 70.2 Å². The van der Waals surface area contributed by atoms with Gasteiger partial charge in [-0.2, -0.15) is 0 Å². The standard InChI is InChI=1S/C21H22Cl2N4O2/c1-2-29-19-10-13(21(28)26-27-8-4-3-5-9-27)6-7-14(19)20-24-17-11-15(22)16(23)12-18(17)25-20/h6-7,10-12H,2-5,8-9H2,1H3,(H,24,25)(H,26,28). The van der Waals surface area contributed by atoms with Gasteiger partial charge in [0.25, 0.3) is 5.91 Å². The van der Waals surface area contributed by atoms with Gasteiger partial charge in [0, 0.05) is 18.7 Å². The largest absolute Gasteiger partial charge is 0.493 e. The van der Waals surface area contributed by atoms with Gasteiger partial charge in [0.15, 0.2) is 0 Å². The zero-order chi connectivity index (χ0) is 20.4. The molecule has 2 aromatic carbocycles. The molecule has 1 aliphatic rings. The van der Waals surface area contributed by atoms with Crippen molar-refractivity contribution >= 4 is 40.1 Å². The Kier molecular flexibility index (Phi) is 5.94. The minimum atomic E-state index is -0.137. The maximum atomic E-state index is 12.7. The lowest BCUT2D eigenvalue weighted by Crippen LogP contribution is -2.45. The van der Waals surface area contributed by atoms with E-state index in [1.54, 1.807) is 24.3 Å². The lowest BCUT2D eigenvalue weighted by atomic mass is 10.1. The van der Waals surface area contributed by atoms with Crippen LogP contribution >= 0.6 is 23.2 Å². The minimum absolute atomic E-state index is 0.137. The number of hydrogen-bond donors (Lipinski definition) is 2. The molecule has 2 N–H and O–H groups in total. The van der Waals surface area contributed by atoms with Crippen molar-refractivity contribution in [3.05, 3.63) is 45.9 Å². The molecule has 1 saturated heterocycles. The van der Waals surface area contributed by atoms with Gasteiger partial charge in [-0.1, -0.05) is 29.6 Å². The highest BCUT2D eigenvalue weighted by Gasteiger charge is 2.18. The van der Waals surface area contributed by atoms with Crippen LogP contribution in [0.3, 0.4) is 0 Å². The van der Waals surface area contributed by atoms with Crippen LogP contribution < -0.4 is 10.2 Å². The summed E-state index contributed by atoms with van der Waals surface area (Å²) in [7, 11) is 0. The zero-order valence-corrected chi connectivity index (χ0v) is 17.6. The van der Waals surface area contributed by atoms with E-state index in [1.165, 1.54) is 6.42 Å². The van der Waals surface area contributed by atoms with E-state index >= 15 is 0 Å². The first-order chi connectivity index (χ1) is 14.0. The molecule has 0 radical (unpaired) electrons. The van der Waals surface area contributed by atoms with Crippen molar-refractivity contribution in [2.45, 2.75) is 26.2 Å². The predicted molar refractivity (Wildman–Crippen MR) is 116 cm³/mol. The SMILES string of the molecule is CCOc1cc(C(=O)NN2CCCCC2)ccc1-c1nc2cc(Cl)c(Cl)cc2[nH]1. The van der Waals surface area contributed by atoms with Crippen molar-refractivity contribution in [1.29, 1.82) is 0 Å². The molecular weight excluding hydrogens is 411 g/mol. The number of imidazole rings is 1. The molecule has 0 unspecified atom stereocenters. The molecule has 8 heteroatoms. The van der Waals surface area contributed by atoms with Crippen molar-refractivity contribution in [2.24, 2.45) is 0 Å². The Morgan fingerprint density at radius 2 is 1.93 bits per heavy atom. The Morgan fingerprint density at radius 1 is 1.17 bits per heavy atom. The molecule has 0 atom stereocenters. The van der Waals surface area contributed by atoms with Crippen molar-refractivity contribution in [1.82, 2.24) is 20.4 Å². The summed E-state index contributed by atoms with van der Waals surface area (Å²) >= 11 is 12.2. The number of amides is 1. The number of hydrazine groups is 1. The van der Waals surface area contributed by atoms with E-state index in [9.17, 15) is 4.79 Å². The number of H-pyrrole nitrogens is 1. The molecule has 152 valence electrons. The number of hydrogen-bond acceptors (Lipinski definition) is 4. The highest BCUT2D eigenvalue weighted by atomic mass is 35.5. The number of nitrogens with zero attached hydrogens (tertiary/aromatic N) is 2. The average Bonchev–Trinajstić information content (AvgIpc) is 3.11. The second-order valence-electron chi connectivity index (χ2n) is 7.00. The molecule has 1 amide bonds. The highest BCUT2D eigenvalue weighted by Crippen LogP contribution is 2.33. The molecule has 0 bridgehead atoms. The number of piperidine rings is 1. The van der Waals surface area contributed by atoms with Crippen LogP contribution in [0.5, 0.6) is 5.75 Å². The van der Waals surface area contributed by atoms with E-state index < -0.39 is 0 Å². The molecule has 1 aromatic heterocycles. The molecule has 0 spiro atoms. The second-order valence-corrected chi connectivity index (χ2v) is 7.82. The smallest absolute Gasteiger partial charge is 0.265 e. The number of fused-ring (bicyclic) bond motifs is 1. The molecule has 1 fully saturated rings. The minimum Gasteiger partial charge on any atom is -0.493 e. The first-order valence-electron chi connectivity index (χ1n) is 9.73. The third-order valence-corrected chi connectivity index (χ3v) is 5.66. The van der Waals surface area contributed by atoms with Crippen LogP contribution in [0.2, 0.25) is 10.0 Å². The lowest BCUT2D eigenvalue weighted by Gasteiger charge is -2.26. The third-order valence-electron chi connectivity index (χ3n) is 4.94. The number of aromatic amines is 1. The molecule has 4 rings (SSSR count). The van der Waals surface area contributed by atoms with Crippen LogP contribution in [0.15, 0.2) is 30.3 Å². The Labute approximate surface area is 179 Å². The molecule has 0 saturated carbocycles. The van der Waals surface area contributed by atoms with Gasteiger partial charge < -0.3 is 9.72 Å². The normalized spacial score (nSPS) is 14.9. The number of carbonyl (C=O) groups is 1. The van der Waals surface area contributed by atoms with Crippen LogP contribution in [-0.4, -0.2) is 40.6 Å². The Morgan fingerprint density at radius 3 is 2.69 bits per heavy atom. The average molecular weight is 433 g/mol. The fourth-order valence-corrected chi connectivity index (χ4v) is 3.80. The fourth-order valence-electron chi connectivity index (χ4n) is 3.48. The van der Waals surface area contributed by atoms with Crippen LogP contribution in [0.25, 0.3) is 22.4 Å². The Bertz CT molecular complexity index is 1010. The number of halogens is 2. The highest BCUT2D eigenvalue weighted by molar-refractivity contribution is 6.42. The van der Waals surface area contributed by atoms with Crippen molar-refractivity contribution in [2.75, 3.05) is 19.7 Å². The maximum absolute atomic E-state index is 12.7. The van der Waals surface area contributed by atoms with E-state index in [1.807, 2.05) is 18.0 Å². The molecule has 3 aromatic rings. The summed E-state index contributed by atoms with van der Waals surface area (Å²) in [6, 6.07) is 8.85. The van der Waals surface area contributed by atoms with Gasteiger partial charge in [0.05, 0.1) is 33.2 Å². The monoisotopic (exact) mass is 432 g/mol.